The van der Waals surface area contributed by atoms with Crippen molar-refractivity contribution in [1.82, 2.24) is 10.5 Å². The number of aryl methyl sites for hydroxylation is 3. The molecule has 0 aliphatic heterocycles. The number of hydrogen-bond donors (Lipinski definition) is 1. The molecule has 0 fully saturated rings. The first-order valence-corrected chi connectivity index (χ1v) is 6.85. The van der Waals surface area contributed by atoms with Crippen LogP contribution < -0.4 is 5.32 Å². The van der Waals surface area contributed by atoms with Crippen LogP contribution in [-0.2, 0) is 6.42 Å². The van der Waals surface area contributed by atoms with Crippen molar-refractivity contribution in [2.24, 2.45) is 0 Å². The smallest absolute Gasteiger partial charge is 0.257 e. The molecule has 1 heterocycles. The SMILES string of the molecule is CCc1noc(C)c1C(=O)N[C@@H](C)c1ccc(C)cc1. The molecule has 0 radical (unpaired) electrons. The van der Waals surface area contributed by atoms with E-state index in [1.807, 2.05) is 45.0 Å². The van der Waals surface area contributed by atoms with Crippen LogP contribution in [0.3, 0.4) is 0 Å². The molecule has 2 rings (SSSR count). The maximum absolute atomic E-state index is 12.3. The second-order valence-corrected chi connectivity index (χ2v) is 5.02. The summed E-state index contributed by atoms with van der Waals surface area (Å²) >= 11 is 0. The topological polar surface area (TPSA) is 55.1 Å². The first kappa shape index (κ1) is 14.3. The van der Waals surface area contributed by atoms with Gasteiger partial charge in [0.2, 0.25) is 0 Å². The van der Waals surface area contributed by atoms with E-state index in [1.54, 1.807) is 6.92 Å². The van der Waals surface area contributed by atoms with Crippen molar-refractivity contribution < 1.29 is 9.32 Å². The maximum atomic E-state index is 12.3. The molecule has 106 valence electrons. The van der Waals surface area contributed by atoms with Crippen LogP contribution in [0.4, 0.5) is 0 Å². The molecular weight excluding hydrogens is 252 g/mol. The summed E-state index contributed by atoms with van der Waals surface area (Å²) in [6.45, 7) is 7.73. The van der Waals surface area contributed by atoms with Gasteiger partial charge < -0.3 is 9.84 Å². The lowest BCUT2D eigenvalue weighted by molar-refractivity contribution is 0.0937. The third-order valence-corrected chi connectivity index (χ3v) is 3.42. The summed E-state index contributed by atoms with van der Waals surface area (Å²) in [7, 11) is 0. The van der Waals surface area contributed by atoms with Gasteiger partial charge in [0.15, 0.2) is 0 Å². The van der Waals surface area contributed by atoms with Crippen LogP contribution in [0.1, 0.15) is 52.8 Å². The molecule has 0 unspecified atom stereocenters. The van der Waals surface area contributed by atoms with Crippen LogP contribution in [0.5, 0.6) is 0 Å². The van der Waals surface area contributed by atoms with E-state index in [1.165, 1.54) is 5.56 Å². The van der Waals surface area contributed by atoms with Crippen LogP contribution in [0.15, 0.2) is 28.8 Å². The van der Waals surface area contributed by atoms with E-state index in [-0.39, 0.29) is 11.9 Å². The van der Waals surface area contributed by atoms with E-state index in [9.17, 15) is 4.79 Å². The highest BCUT2D eigenvalue weighted by Gasteiger charge is 2.20. The van der Waals surface area contributed by atoms with Crippen molar-refractivity contribution in [3.8, 4) is 0 Å². The first-order chi connectivity index (χ1) is 9.52. The summed E-state index contributed by atoms with van der Waals surface area (Å²) in [5.74, 6) is 0.434. The molecule has 20 heavy (non-hydrogen) atoms. The number of hydrogen-bond acceptors (Lipinski definition) is 3. The van der Waals surface area contributed by atoms with Gasteiger partial charge >= 0.3 is 0 Å². The summed E-state index contributed by atoms with van der Waals surface area (Å²) in [4.78, 5) is 12.3. The van der Waals surface area contributed by atoms with Gasteiger partial charge in [-0.1, -0.05) is 41.9 Å². The van der Waals surface area contributed by atoms with E-state index < -0.39 is 0 Å². The summed E-state index contributed by atoms with van der Waals surface area (Å²) in [5, 5.41) is 6.91. The molecule has 1 atom stereocenters. The van der Waals surface area contributed by atoms with Crippen LogP contribution in [0.2, 0.25) is 0 Å². The molecule has 0 saturated heterocycles. The largest absolute Gasteiger partial charge is 0.361 e. The van der Waals surface area contributed by atoms with Gasteiger partial charge in [0.05, 0.1) is 11.7 Å². The number of carbonyl (C=O) groups excluding carboxylic acids is 1. The van der Waals surface area contributed by atoms with Crippen molar-refractivity contribution in [2.75, 3.05) is 0 Å². The average molecular weight is 272 g/mol. The molecule has 1 aromatic heterocycles. The van der Waals surface area contributed by atoms with Gasteiger partial charge in [0.25, 0.3) is 5.91 Å². The Bertz CT molecular complexity index is 599. The Morgan fingerprint density at radius 1 is 1.30 bits per heavy atom. The number of aromatic nitrogens is 1. The highest BCUT2D eigenvalue weighted by atomic mass is 16.5. The lowest BCUT2D eigenvalue weighted by Crippen LogP contribution is -2.27. The van der Waals surface area contributed by atoms with Gasteiger partial charge in [-0.25, -0.2) is 0 Å². The lowest BCUT2D eigenvalue weighted by Gasteiger charge is -2.14. The number of carbonyl (C=O) groups is 1. The minimum Gasteiger partial charge on any atom is -0.361 e. The normalized spacial score (nSPS) is 12.2. The van der Waals surface area contributed by atoms with Gasteiger partial charge in [-0.2, -0.15) is 0 Å². The molecule has 2 aromatic rings. The summed E-state index contributed by atoms with van der Waals surface area (Å²) < 4.78 is 5.10. The minimum atomic E-state index is -0.131. The van der Waals surface area contributed by atoms with E-state index in [2.05, 4.69) is 10.5 Å². The monoisotopic (exact) mass is 272 g/mol. The maximum Gasteiger partial charge on any atom is 0.257 e. The zero-order valence-corrected chi connectivity index (χ0v) is 12.4. The molecule has 4 heteroatoms. The molecule has 0 spiro atoms. The second-order valence-electron chi connectivity index (χ2n) is 5.02. The Morgan fingerprint density at radius 3 is 2.55 bits per heavy atom. The molecule has 4 nitrogen and oxygen atoms in total. The average Bonchev–Trinajstić information content (AvgIpc) is 2.80. The molecule has 0 aliphatic carbocycles. The fourth-order valence-electron chi connectivity index (χ4n) is 2.16. The fraction of sp³-hybridized carbons (Fsp3) is 0.375. The molecule has 1 aromatic carbocycles. The lowest BCUT2D eigenvalue weighted by atomic mass is 10.1. The van der Waals surface area contributed by atoms with Gasteiger partial charge in [-0.15, -0.1) is 0 Å². The summed E-state index contributed by atoms with van der Waals surface area (Å²) in [6.07, 6.45) is 0.680. The number of benzene rings is 1. The van der Waals surface area contributed by atoms with E-state index in [0.717, 1.165) is 5.56 Å². The second kappa shape index (κ2) is 5.90. The van der Waals surface area contributed by atoms with Gasteiger partial charge in [0.1, 0.15) is 11.3 Å². The van der Waals surface area contributed by atoms with Crippen molar-refractivity contribution in [3.63, 3.8) is 0 Å². The van der Waals surface area contributed by atoms with E-state index >= 15 is 0 Å². The Kier molecular flexibility index (Phi) is 4.23. The Hall–Kier alpha value is -2.10. The molecule has 0 saturated carbocycles. The molecule has 0 bridgehead atoms. The van der Waals surface area contributed by atoms with Crippen LogP contribution in [0.25, 0.3) is 0 Å². The zero-order chi connectivity index (χ0) is 14.7. The van der Waals surface area contributed by atoms with Crippen molar-refractivity contribution >= 4 is 5.91 Å². The van der Waals surface area contributed by atoms with Gasteiger partial charge in [-0.05, 0) is 32.8 Å². The van der Waals surface area contributed by atoms with Gasteiger partial charge in [0, 0.05) is 0 Å². The van der Waals surface area contributed by atoms with Crippen molar-refractivity contribution in [3.05, 3.63) is 52.4 Å². The molecule has 1 amide bonds. The van der Waals surface area contributed by atoms with Crippen LogP contribution in [-0.4, -0.2) is 11.1 Å². The van der Waals surface area contributed by atoms with Crippen molar-refractivity contribution in [2.45, 2.75) is 40.2 Å². The summed E-state index contributed by atoms with van der Waals surface area (Å²) in [5.41, 5.74) is 3.55. The van der Waals surface area contributed by atoms with Gasteiger partial charge in [-0.3, -0.25) is 4.79 Å². The molecule has 1 N–H and O–H groups in total. The number of rotatable bonds is 4. The van der Waals surface area contributed by atoms with Crippen LogP contribution >= 0.6 is 0 Å². The fourth-order valence-corrected chi connectivity index (χ4v) is 2.16. The Morgan fingerprint density at radius 2 is 1.95 bits per heavy atom. The minimum absolute atomic E-state index is 0.0536. The number of amides is 1. The first-order valence-electron chi connectivity index (χ1n) is 6.85. The number of nitrogens with one attached hydrogen (secondary N) is 1. The Balaban J connectivity index is 2.15. The third-order valence-electron chi connectivity index (χ3n) is 3.42. The number of nitrogens with zero attached hydrogens (tertiary/aromatic N) is 1. The van der Waals surface area contributed by atoms with Crippen molar-refractivity contribution in [1.29, 1.82) is 0 Å². The molecular formula is C16H20N2O2. The zero-order valence-electron chi connectivity index (χ0n) is 12.4. The predicted octanol–water partition coefficient (Wildman–Crippen LogP) is 3.34. The third kappa shape index (κ3) is 2.90. The quantitative estimate of drug-likeness (QED) is 0.928. The Labute approximate surface area is 119 Å². The summed E-state index contributed by atoms with van der Waals surface area (Å²) in [6, 6.07) is 8.09. The van der Waals surface area contributed by atoms with E-state index in [0.29, 0.717) is 23.4 Å². The van der Waals surface area contributed by atoms with E-state index in [4.69, 9.17) is 4.52 Å². The highest BCUT2D eigenvalue weighted by molar-refractivity contribution is 5.96. The predicted molar refractivity (Wildman–Crippen MR) is 77.7 cm³/mol. The van der Waals surface area contributed by atoms with Crippen LogP contribution in [0, 0.1) is 13.8 Å². The molecule has 0 aliphatic rings. The standard InChI is InChI=1S/C16H20N2O2/c1-5-14-15(12(4)20-18-14)16(19)17-11(3)13-8-6-10(2)7-9-13/h6-9,11H,5H2,1-4H3,(H,17,19)/t11-/m0/s1. The highest BCUT2D eigenvalue weighted by Crippen LogP contribution is 2.17.